The van der Waals surface area contributed by atoms with E-state index in [4.69, 9.17) is 11.5 Å². The molecule has 23 heteroatoms. The maximum atomic E-state index is 12.5. The van der Waals surface area contributed by atoms with E-state index < -0.39 is 105 Å². The van der Waals surface area contributed by atoms with Crippen LogP contribution in [0.25, 0.3) is 21.5 Å². The van der Waals surface area contributed by atoms with Crippen molar-refractivity contribution in [2.75, 3.05) is 11.5 Å². The molecule has 0 fully saturated rings. The average molecular weight is 753 g/mol. The summed E-state index contributed by atoms with van der Waals surface area (Å²) in [6, 6.07) is 12.4. The smallest absolute Gasteiger partial charge is 0.297 e. The molecular formula is C26H20N6O13S4. The molecule has 49 heavy (non-hydrogen) atoms. The van der Waals surface area contributed by atoms with Gasteiger partial charge in [0.05, 0.1) is 11.1 Å². The first-order valence-corrected chi connectivity index (χ1v) is 18.6. The lowest BCUT2D eigenvalue weighted by Crippen LogP contribution is -2.04. The van der Waals surface area contributed by atoms with E-state index in [1.807, 2.05) is 0 Å². The topological polar surface area (TPSA) is 339 Å². The highest BCUT2D eigenvalue weighted by Crippen LogP contribution is 2.48. The third-order valence-electron chi connectivity index (χ3n) is 6.77. The van der Waals surface area contributed by atoms with Crippen molar-refractivity contribution in [3.63, 3.8) is 0 Å². The summed E-state index contributed by atoms with van der Waals surface area (Å²) >= 11 is 0. The van der Waals surface area contributed by atoms with E-state index in [0.29, 0.717) is 17.5 Å². The SMILES string of the molecule is Nc1ccc(S(=O)(=O)O)c(/N=N/c2c(S(=O)(=O)O)cc3c(S(=O)(=O)O)cc(/N=N/c4ccc5ccccc5c4S(=O)(=O)O)c(N)c3c2O)c1. The first-order valence-electron chi connectivity index (χ1n) is 12.9. The number of rotatable bonds is 8. The Morgan fingerprint density at radius 3 is 1.73 bits per heavy atom. The molecule has 0 heterocycles. The Balaban J connectivity index is 1.83. The zero-order chi connectivity index (χ0) is 36.3. The van der Waals surface area contributed by atoms with Gasteiger partial charge in [-0.15, -0.1) is 20.5 Å². The van der Waals surface area contributed by atoms with E-state index in [1.165, 1.54) is 18.2 Å². The van der Waals surface area contributed by atoms with Crippen molar-refractivity contribution in [1.82, 2.24) is 0 Å². The first kappa shape index (κ1) is 35.2. The second-order valence-electron chi connectivity index (χ2n) is 9.96. The van der Waals surface area contributed by atoms with E-state index in [-0.39, 0.29) is 11.1 Å². The van der Waals surface area contributed by atoms with E-state index in [2.05, 4.69) is 20.5 Å². The van der Waals surface area contributed by atoms with E-state index >= 15 is 0 Å². The molecule has 0 spiro atoms. The van der Waals surface area contributed by atoms with Crippen molar-refractivity contribution in [3.8, 4) is 5.75 Å². The molecule has 256 valence electrons. The molecule has 0 unspecified atom stereocenters. The lowest BCUT2D eigenvalue weighted by Gasteiger charge is -2.14. The second kappa shape index (κ2) is 12.1. The summed E-state index contributed by atoms with van der Waals surface area (Å²) in [5.41, 5.74) is 8.14. The van der Waals surface area contributed by atoms with Gasteiger partial charge >= 0.3 is 0 Å². The van der Waals surface area contributed by atoms with Gasteiger partial charge in [-0.05, 0) is 41.8 Å². The molecule has 9 N–H and O–H groups in total. The highest BCUT2D eigenvalue weighted by Gasteiger charge is 2.29. The van der Waals surface area contributed by atoms with Gasteiger partial charge < -0.3 is 16.6 Å². The molecule has 5 rings (SSSR count). The number of hydrogen-bond donors (Lipinski definition) is 7. The zero-order valence-corrected chi connectivity index (χ0v) is 27.2. The monoisotopic (exact) mass is 752 g/mol. The van der Waals surface area contributed by atoms with Crippen LogP contribution in [0.5, 0.6) is 5.75 Å². The molecule has 0 radical (unpaired) electrons. The van der Waals surface area contributed by atoms with Gasteiger partial charge in [0.15, 0.2) is 5.75 Å². The van der Waals surface area contributed by atoms with Crippen molar-refractivity contribution in [1.29, 1.82) is 0 Å². The van der Waals surface area contributed by atoms with Crippen molar-refractivity contribution in [2.24, 2.45) is 20.5 Å². The van der Waals surface area contributed by atoms with Crippen LogP contribution in [0.15, 0.2) is 107 Å². The molecule has 0 saturated carbocycles. The molecule has 0 aliphatic carbocycles. The Labute approximate surface area is 276 Å². The summed E-state index contributed by atoms with van der Waals surface area (Å²) in [5.74, 6) is -1.30. The number of nitrogens with zero attached hydrogens (tertiary/aromatic N) is 4. The van der Waals surface area contributed by atoms with Crippen LogP contribution in [0.1, 0.15) is 0 Å². The van der Waals surface area contributed by atoms with Crippen LogP contribution in [0.4, 0.5) is 34.1 Å². The Morgan fingerprint density at radius 2 is 1.12 bits per heavy atom. The number of benzene rings is 5. The van der Waals surface area contributed by atoms with Gasteiger partial charge in [-0.2, -0.15) is 33.7 Å². The highest BCUT2D eigenvalue weighted by molar-refractivity contribution is 7.87. The van der Waals surface area contributed by atoms with Crippen LogP contribution in [0.3, 0.4) is 0 Å². The Morgan fingerprint density at radius 1 is 0.531 bits per heavy atom. The van der Waals surface area contributed by atoms with Gasteiger partial charge in [0.25, 0.3) is 40.5 Å². The number of phenolic OH excluding ortho intramolecular Hbond substituents is 1. The van der Waals surface area contributed by atoms with E-state index in [0.717, 1.165) is 24.3 Å². The van der Waals surface area contributed by atoms with Crippen LogP contribution in [0.2, 0.25) is 0 Å². The predicted molar refractivity (Wildman–Crippen MR) is 172 cm³/mol. The Bertz CT molecular complexity index is 2750. The fraction of sp³-hybridized carbons (Fsp3) is 0. The van der Waals surface area contributed by atoms with Gasteiger partial charge in [-0.25, -0.2) is 0 Å². The van der Waals surface area contributed by atoms with Crippen molar-refractivity contribution in [2.45, 2.75) is 19.6 Å². The largest absolute Gasteiger partial charge is 0.505 e. The summed E-state index contributed by atoms with van der Waals surface area (Å²) < 4.78 is 137. The average Bonchev–Trinajstić information content (AvgIpc) is 2.97. The molecule has 0 bridgehead atoms. The summed E-state index contributed by atoms with van der Waals surface area (Å²) in [6.07, 6.45) is 0. The maximum absolute atomic E-state index is 12.5. The molecule has 0 saturated heterocycles. The zero-order valence-electron chi connectivity index (χ0n) is 23.9. The third-order valence-corrected chi connectivity index (χ3v) is 10.4. The molecule has 5 aromatic rings. The van der Waals surface area contributed by atoms with Crippen molar-refractivity contribution >= 4 is 96.1 Å². The fourth-order valence-electron chi connectivity index (χ4n) is 4.72. The number of aromatic hydroxyl groups is 1. The number of nitrogen functional groups attached to an aromatic ring is 2. The molecule has 0 amide bonds. The minimum Gasteiger partial charge on any atom is -0.505 e. The minimum absolute atomic E-state index is 0.0364. The second-order valence-corrected chi connectivity index (χ2v) is 15.5. The molecule has 0 aliphatic rings. The maximum Gasteiger partial charge on any atom is 0.297 e. The van der Waals surface area contributed by atoms with Gasteiger partial charge in [0.2, 0.25) is 0 Å². The molecule has 19 nitrogen and oxygen atoms in total. The quantitative estimate of drug-likeness (QED) is 0.0642. The number of phenols is 1. The third kappa shape index (κ3) is 6.90. The van der Waals surface area contributed by atoms with Crippen molar-refractivity contribution < 1.29 is 57.0 Å². The Hall–Kier alpha value is -5.14. The summed E-state index contributed by atoms with van der Waals surface area (Å²) in [7, 11) is -20.6. The van der Waals surface area contributed by atoms with Gasteiger partial charge in [-0.3, -0.25) is 18.2 Å². The standard InChI is InChI=1S/C26H20N6O13S4/c27-13-6-8-19(46(34,35)36)17(9-13)30-32-24-21(48(40,41)42)10-15-20(47(37,38)39)11-18(23(28)22(15)25(24)33)31-29-16-7-5-12-3-1-2-4-14(12)26(16)49(43,44)45/h1-11,33H,27-28H2,(H,34,35,36)(H,37,38,39)(H,40,41,42)(H,43,44,45)/b31-29+,32-30+. The normalized spacial score (nSPS) is 13.2. The highest BCUT2D eigenvalue weighted by atomic mass is 32.2. The molecule has 0 aliphatic heterocycles. The minimum atomic E-state index is -5.41. The van der Waals surface area contributed by atoms with Crippen LogP contribution >= 0.6 is 0 Å². The van der Waals surface area contributed by atoms with Crippen LogP contribution in [-0.4, -0.2) is 57.0 Å². The number of anilines is 2. The first-order chi connectivity index (χ1) is 22.6. The molecule has 0 aromatic heterocycles. The Kier molecular flexibility index (Phi) is 8.67. The molecule has 0 atom stereocenters. The lowest BCUT2D eigenvalue weighted by molar-refractivity contribution is 0.471. The van der Waals surface area contributed by atoms with Gasteiger partial charge in [0, 0.05) is 16.5 Å². The van der Waals surface area contributed by atoms with Crippen molar-refractivity contribution in [3.05, 3.63) is 66.7 Å². The predicted octanol–water partition coefficient (Wildman–Crippen LogP) is 4.68. The molecule has 5 aromatic carbocycles. The molecular weight excluding hydrogens is 733 g/mol. The van der Waals surface area contributed by atoms with Crippen LogP contribution in [-0.2, 0) is 40.5 Å². The number of nitrogens with two attached hydrogens (primary N) is 2. The summed E-state index contributed by atoms with van der Waals surface area (Å²) in [4.78, 5) is -3.97. The number of hydrogen-bond acceptors (Lipinski definition) is 15. The van der Waals surface area contributed by atoms with Gasteiger partial charge in [-0.1, -0.05) is 30.3 Å². The van der Waals surface area contributed by atoms with E-state index in [9.17, 15) is 57.0 Å². The van der Waals surface area contributed by atoms with Gasteiger partial charge in [0.1, 0.15) is 42.3 Å². The lowest BCUT2D eigenvalue weighted by atomic mass is 10.0. The number of azo groups is 2. The number of fused-ring (bicyclic) bond motifs is 2. The summed E-state index contributed by atoms with van der Waals surface area (Å²) in [5, 5.41) is 24.7. The van der Waals surface area contributed by atoms with Crippen LogP contribution < -0.4 is 11.5 Å². The fourth-order valence-corrected chi connectivity index (χ4v) is 7.51. The summed E-state index contributed by atoms with van der Waals surface area (Å²) in [6.45, 7) is 0. The van der Waals surface area contributed by atoms with E-state index in [1.54, 1.807) is 12.1 Å². The van der Waals surface area contributed by atoms with Crippen LogP contribution in [0, 0.1) is 0 Å².